The van der Waals surface area contributed by atoms with Crippen LogP contribution in [-0.4, -0.2) is 19.9 Å². The normalized spacial score (nSPS) is 11.3. The molecule has 0 saturated carbocycles. The molecule has 5 heteroatoms. The molecule has 0 radical (unpaired) electrons. The van der Waals surface area contributed by atoms with Gasteiger partial charge >= 0.3 is 0 Å². The van der Waals surface area contributed by atoms with Gasteiger partial charge in [0.2, 0.25) is 0 Å². The molecular weight excluding hydrogens is 264 g/mol. The Morgan fingerprint density at radius 2 is 1.24 bits per heavy atom. The summed E-state index contributed by atoms with van der Waals surface area (Å²) in [6.07, 6.45) is 3.58. The number of fused-ring (bicyclic) bond motifs is 2. The first kappa shape index (κ1) is 12.0. The standard InChI is InChI=1S/C16H14N4O/c1-11-3-5-15-13(7-11)9-17-19(15)21-20-16-6-4-12(2)8-14(16)10-18-20/h3-10H,1-2H3. The van der Waals surface area contributed by atoms with E-state index in [0.717, 1.165) is 21.8 Å². The number of aryl methyl sites for hydroxylation is 2. The quantitative estimate of drug-likeness (QED) is 0.566. The summed E-state index contributed by atoms with van der Waals surface area (Å²) in [5.41, 5.74) is 4.22. The lowest BCUT2D eigenvalue weighted by atomic mass is 10.2. The second-order valence-electron chi connectivity index (χ2n) is 5.24. The Balaban J connectivity index is 1.79. The van der Waals surface area contributed by atoms with Crippen LogP contribution >= 0.6 is 0 Å². The van der Waals surface area contributed by atoms with Gasteiger partial charge in [0.25, 0.3) is 0 Å². The van der Waals surface area contributed by atoms with Crippen LogP contribution in [0.5, 0.6) is 0 Å². The van der Waals surface area contributed by atoms with Gasteiger partial charge in [0, 0.05) is 10.8 Å². The molecule has 0 aliphatic carbocycles. The monoisotopic (exact) mass is 278 g/mol. The summed E-state index contributed by atoms with van der Waals surface area (Å²) in [5.74, 6) is 0. The van der Waals surface area contributed by atoms with Crippen LogP contribution in [0.3, 0.4) is 0 Å². The van der Waals surface area contributed by atoms with Gasteiger partial charge in [-0.05, 0) is 38.1 Å². The Labute approximate surface area is 121 Å². The van der Waals surface area contributed by atoms with E-state index in [2.05, 4.69) is 36.2 Å². The van der Waals surface area contributed by atoms with Crippen molar-refractivity contribution in [2.45, 2.75) is 13.8 Å². The van der Waals surface area contributed by atoms with E-state index in [4.69, 9.17) is 4.94 Å². The third-order valence-electron chi connectivity index (χ3n) is 3.54. The lowest BCUT2D eigenvalue weighted by Crippen LogP contribution is -2.20. The molecule has 0 bridgehead atoms. The fraction of sp³-hybridized carbons (Fsp3) is 0.125. The number of aromatic nitrogens is 4. The fourth-order valence-corrected chi connectivity index (χ4v) is 2.46. The highest BCUT2D eigenvalue weighted by Gasteiger charge is 2.08. The molecule has 5 nitrogen and oxygen atoms in total. The van der Waals surface area contributed by atoms with Crippen LogP contribution < -0.4 is 4.94 Å². The van der Waals surface area contributed by atoms with Gasteiger partial charge in [-0.3, -0.25) is 0 Å². The first-order valence-electron chi connectivity index (χ1n) is 6.78. The number of rotatable bonds is 2. The van der Waals surface area contributed by atoms with Crippen molar-refractivity contribution in [1.82, 2.24) is 19.9 Å². The summed E-state index contributed by atoms with van der Waals surface area (Å²) in [5, 5.41) is 10.6. The van der Waals surface area contributed by atoms with E-state index in [1.165, 1.54) is 20.8 Å². The molecule has 0 spiro atoms. The lowest BCUT2D eigenvalue weighted by molar-refractivity contribution is 0.00615. The molecule has 2 aromatic heterocycles. The molecule has 0 aliphatic heterocycles. The predicted octanol–water partition coefficient (Wildman–Crippen LogP) is 2.89. The molecule has 4 rings (SSSR count). The minimum atomic E-state index is 0.913. The second kappa shape index (κ2) is 4.34. The highest BCUT2D eigenvalue weighted by Crippen LogP contribution is 2.17. The molecule has 0 saturated heterocycles. The predicted molar refractivity (Wildman–Crippen MR) is 80.9 cm³/mol. The summed E-state index contributed by atoms with van der Waals surface area (Å²) >= 11 is 0. The van der Waals surface area contributed by atoms with E-state index in [1.54, 1.807) is 12.4 Å². The maximum absolute atomic E-state index is 5.78. The van der Waals surface area contributed by atoms with Crippen LogP contribution in [0.1, 0.15) is 11.1 Å². The van der Waals surface area contributed by atoms with E-state index in [0.29, 0.717) is 0 Å². The van der Waals surface area contributed by atoms with Crippen molar-refractivity contribution in [1.29, 1.82) is 0 Å². The maximum Gasteiger partial charge on any atom is 0.113 e. The van der Waals surface area contributed by atoms with Gasteiger partial charge < -0.3 is 0 Å². The number of hydrogen-bond acceptors (Lipinski definition) is 3. The highest BCUT2D eigenvalue weighted by molar-refractivity contribution is 5.80. The minimum absolute atomic E-state index is 0.913. The zero-order valence-corrected chi connectivity index (χ0v) is 11.8. The number of nitrogens with zero attached hydrogens (tertiary/aromatic N) is 4. The minimum Gasteiger partial charge on any atom is -0.246 e. The molecule has 104 valence electrons. The Kier molecular flexibility index (Phi) is 2.47. The maximum atomic E-state index is 5.78. The molecule has 0 fully saturated rings. The Morgan fingerprint density at radius 3 is 1.71 bits per heavy atom. The van der Waals surface area contributed by atoms with Crippen LogP contribution in [0.2, 0.25) is 0 Å². The molecule has 0 N–H and O–H groups in total. The van der Waals surface area contributed by atoms with E-state index in [1.807, 2.05) is 24.3 Å². The van der Waals surface area contributed by atoms with Crippen molar-refractivity contribution in [2.75, 3.05) is 0 Å². The zero-order valence-electron chi connectivity index (χ0n) is 11.8. The summed E-state index contributed by atoms with van der Waals surface area (Å²) in [6.45, 7) is 4.11. The van der Waals surface area contributed by atoms with Gasteiger partial charge in [-0.1, -0.05) is 32.9 Å². The second-order valence-corrected chi connectivity index (χ2v) is 5.24. The van der Waals surface area contributed by atoms with Gasteiger partial charge in [-0.2, -0.15) is 0 Å². The van der Waals surface area contributed by atoms with E-state index >= 15 is 0 Å². The first-order valence-corrected chi connectivity index (χ1v) is 6.78. The third kappa shape index (κ3) is 1.94. The summed E-state index contributed by atoms with van der Waals surface area (Å²) in [4.78, 5) is 8.75. The Morgan fingerprint density at radius 1 is 0.762 bits per heavy atom. The van der Waals surface area contributed by atoms with Gasteiger partial charge in [-0.15, -0.1) is 10.2 Å². The Hall–Kier alpha value is -2.82. The first-order chi connectivity index (χ1) is 10.2. The Bertz CT molecular complexity index is 873. The van der Waals surface area contributed by atoms with Crippen molar-refractivity contribution in [3.05, 3.63) is 59.9 Å². The number of hydrogen-bond donors (Lipinski definition) is 0. The third-order valence-corrected chi connectivity index (χ3v) is 3.54. The van der Waals surface area contributed by atoms with Crippen LogP contribution in [0, 0.1) is 13.8 Å². The largest absolute Gasteiger partial charge is 0.246 e. The molecule has 0 atom stereocenters. The highest BCUT2D eigenvalue weighted by atomic mass is 16.8. The van der Waals surface area contributed by atoms with Gasteiger partial charge in [0.05, 0.1) is 12.4 Å². The fourth-order valence-electron chi connectivity index (χ4n) is 2.46. The van der Waals surface area contributed by atoms with Crippen LogP contribution in [0.25, 0.3) is 21.8 Å². The van der Waals surface area contributed by atoms with Crippen LogP contribution in [-0.2, 0) is 0 Å². The molecular formula is C16H14N4O. The van der Waals surface area contributed by atoms with Crippen molar-refractivity contribution in [3.63, 3.8) is 0 Å². The molecule has 2 heterocycles. The number of benzene rings is 2. The zero-order chi connectivity index (χ0) is 14.4. The topological polar surface area (TPSA) is 44.9 Å². The van der Waals surface area contributed by atoms with E-state index < -0.39 is 0 Å². The molecule has 4 aromatic rings. The molecule has 0 aliphatic rings. The summed E-state index contributed by atoms with van der Waals surface area (Å²) in [7, 11) is 0. The molecule has 21 heavy (non-hydrogen) atoms. The smallest absolute Gasteiger partial charge is 0.113 e. The SMILES string of the molecule is Cc1ccc2c(cnn2On2ncc3cc(C)ccc32)c1. The van der Waals surface area contributed by atoms with Crippen LogP contribution in [0.15, 0.2) is 48.8 Å². The molecule has 0 amide bonds. The molecule has 0 unspecified atom stereocenters. The van der Waals surface area contributed by atoms with Crippen molar-refractivity contribution < 1.29 is 4.94 Å². The van der Waals surface area contributed by atoms with Crippen molar-refractivity contribution >= 4 is 21.8 Å². The van der Waals surface area contributed by atoms with E-state index in [9.17, 15) is 0 Å². The summed E-state index contributed by atoms with van der Waals surface area (Å²) in [6, 6.07) is 12.2. The lowest BCUT2D eigenvalue weighted by Gasteiger charge is -2.05. The van der Waals surface area contributed by atoms with Gasteiger partial charge in [-0.25, -0.2) is 4.94 Å². The average Bonchev–Trinajstić information content (AvgIpc) is 3.03. The van der Waals surface area contributed by atoms with Crippen molar-refractivity contribution in [3.8, 4) is 0 Å². The molecule has 2 aromatic carbocycles. The van der Waals surface area contributed by atoms with Crippen LogP contribution in [0.4, 0.5) is 0 Å². The van der Waals surface area contributed by atoms with Crippen molar-refractivity contribution in [2.24, 2.45) is 0 Å². The van der Waals surface area contributed by atoms with E-state index in [-0.39, 0.29) is 0 Å². The average molecular weight is 278 g/mol. The van der Waals surface area contributed by atoms with Gasteiger partial charge in [0.15, 0.2) is 0 Å². The summed E-state index contributed by atoms with van der Waals surface area (Å²) < 4.78 is 0. The van der Waals surface area contributed by atoms with Gasteiger partial charge in [0.1, 0.15) is 11.0 Å².